The minimum absolute atomic E-state index is 0.0920. The van der Waals surface area contributed by atoms with Gasteiger partial charge in [0.1, 0.15) is 6.61 Å². The van der Waals surface area contributed by atoms with Crippen LogP contribution in [0.3, 0.4) is 0 Å². The smallest absolute Gasteiger partial charge is 0.312 e. The zero-order valence-corrected chi connectivity index (χ0v) is 9.31. The molecule has 0 radical (unpaired) electrons. The van der Waals surface area contributed by atoms with Gasteiger partial charge in [0.05, 0.1) is 5.41 Å². The van der Waals surface area contributed by atoms with Crippen molar-refractivity contribution in [3.63, 3.8) is 0 Å². The van der Waals surface area contributed by atoms with E-state index in [0.29, 0.717) is 6.61 Å². The van der Waals surface area contributed by atoms with Gasteiger partial charge in [0.25, 0.3) is 0 Å². The van der Waals surface area contributed by atoms with Crippen LogP contribution in [0.15, 0.2) is 12.7 Å². The summed E-state index contributed by atoms with van der Waals surface area (Å²) in [7, 11) is 0. The van der Waals surface area contributed by atoms with E-state index in [9.17, 15) is 4.79 Å². The number of esters is 1. The molecular weight excluding hydrogens is 164 g/mol. The minimum atomic E-state index is -0.462. The molecule has 0 saturated carbocycles. The highest BCUT2D eigenvalue weighted by Crippen LogP contribution is 2.38. The van der Waals surface area contributed by atoms with E-state index in [4.69, 9.17) is 4.74 Å². The summed E-state index contributed by atoms with van der Waals surface area (Å²) in [4.78, 5) is 11.6. The molecule has 0 heterocycles. The molecule has 13 heavy (non-hydrogen) atoms. The van der Waals surface area contributed by atoms with Gasteiger partial charge in [-0.25, -0.2) is 0 Å². The Morgan fingerprint density at radius 1 is 1.31 bits per heavy atom. The fourth-order valence-electron chi connectivity index (χ4n) is 0.621. The molecule has 0 fully saturated rings. The molecule has 0 spiro atoms. The average molecular weight is 184 g/mol. The van der Waals surface area contributed by atoms with E-state index in [0.717, 1.165) is 0 Å². The average Bonchev–Trinajstić information content (AvgIpc) is 1.97. The molecule has 0 saturated heterocycles. The van der Waals surface area contributed by atoms with E-state index in [1.54, 1.807) is 6.08 Å². The Balaban J connectivity index is 4.45. The van der Waals surface area contributed by atoms with E-state index >= 15 is 0 Å². The van der Waals surface area contributed by atoms with Gasteiger partial charge in [-0.15, -0.1) is 0 Å². The van der Waals surface area contributed by atoms with Crippen LogP contribution in [0.25, 0.3) is 0 Å². The van der Waals surface area contributed by atoms with E-state index in [2.05, 4.69) is 6.58 Å². The molecule has 0 rings (SSSR count). The van der Waals surface area contributed by atoms with Gasteiger partial charge in [0.2, 0.25) is 0 Å². The van der Waals surface area contributed by atoms with Crippen molar-refractivity contribution in [2.24, 2.45) is 10.8 Å². The Morgan fingerprint density at radius 3 is 2.08 bits per heavy atom. The molecule has 0 amide bonds. The summed E-state index contributed by atoms with van der Waals surface area (Å²) >= 11 is 0. The normalized spacial score (nSPS) is 12.4. The number of ether oxygens (including phenoxy) is 1. The molecule has 0 N–H and O–H groups in total. The first-order valence-electron chi connectivity index (χ1n) is 4.51. The molecular formula is C11H20O2. The van der Waals surface area contributed by atoms with E-state index < -0.39 is 5.41 Å². The zero-order chi connectivity index (χ0) is 10.7. The van der Waals surface area contributed by atoms with Gasteiger partial charge in [0.15, 0.2) is 0 Å². The van der Waals surface area contributed by atoms with Gasteiger partial charge in [-0.1, -0.05) is 33.4 Å². The fourth-order valence-corrected chi connectivity index (χ4v) is 0.621. The Labute approximate surface area is 81.0 Å². The molecule has 0 aliphatic rings. The molecule has 2 heteroatoms. The van der Waals surface area contributed by atoms with Crippen LogP contribution in [0.5, 0.6) is 0 Å². The summed E-state index contributed by atoms with van der Waals surface area (Å²) in [6, 6.07) is 0. The summed E-state index contributed by atoms with van der Waals surface area (Å²) in [5.74, 6) is -0.167. The van der Waals surface area contributed by atoms with Gasteiger partial charge in [-0.05, 0) is 19.3 Å². The molecule has 0 aromatic carbocycles. The largest absolute Gasteiger partial charge is 0.461 e. The second kappa shape index (κ2) is 3.95. The summed E-state index contributed by atoms with van der Waals surface area (Å²) in [5.41, 5.74) is -0.554. The van der Waals surface area contributed by atoms with Crippen molar-refractivity contribution >= 4 is 5.97 Å². The molecule has 2 nitrogen and oxygen atoms in total. The second-order valence-corrected chi connectivity index (χ2v) is 4.76. The Hall–Kier alpha value is -0.790. The highest BCUT2D eigenvalue weighted by molar-refractivity contribution is 5.76. The van der Waals surface area contributed by atoms with Crippen LogP contribution < -0.4 is 0 Å². The van der Waals surface area contributed by atoms with Crippen LogP contribution in [0.4, 0.5) is 0 Å². The van der Waals surface area contributed by atoms with Crippen LogP contribution in [0.1, 0.15) is 34.6 Å². The molecule has 0 aromatic rings. The number of hydrogen-bond donors (Lipinski definition) is 0. The first-order valence-corrected chi connectivity index (χ1v) is 4.51. The van der Waals surface area contributed by atoms with Crippen molar-refractivity contribution in [1.29, 1.82) is 0 Å². The summed E-state index contributed by atoms with van der Waals surface area (Å²) in [5, 5.41) is 0. The van der Waals surface area contributed by atoms with Crippen molar-refractivity contribution in [1.82, 2.24) is 0 Å². The number of hydrogen-bond acceptors (Lipinski definition) is 2. The van der Waals surface area contributed by atoms with Gasteiger partial charge >= 0.3 is 5.97 Å². The number of carbonyl (C=O) groups excluding carboxylic acids is 1. The maximum Gasteiger partial charge on any atom is 0.312 e. The minimum Gasteiger partial charge on any atom is -0.461 e. The maximum atomic E-state index is 11.6. The van der Waals surface area contributed by atoms with Crippen LogP contribution in [0.2, 0.25) is 0 Å². The molecule has 0 aliphatic heterocycles. The number of carbonyl (C=O) groups is 1. The van der Waals surface area contributed by atoms with Gasteiger partial charge in [-0.2, -0.15) is 0 Å². The predicted octanol–water partition coefficient (Wildman–Crippen LogP) is 2.79. The van der Waals surface area contributed by atoms with E-state index in [-0.39, 0.29) is 11.4 Å². The molecule has 76 valence electrons. The highest BCUT2D eigenvalue weighted by atomic mass is 16.5. The molecule has 0 bridgehead atoms. The van der Waals surface area contributed by atoms with Gasteiger partial charge in [0, 0.05) is 0 Å². The quantitative estimate of drug-likeness (QED) is 0.498. The maximum absolute atomic E-state index is 11.6. The van der Waals surface area contributed by atoms with Crippen LogP contribution in [-0.2, 0) is 9.53 Å². The Morgan fingerprint density at radius 2 is 1.77 bits per heavy atom. The van der Waals surface area contributed by atoms with Crippen LogP contribution >= 0.6 is 0 Å². The monoisotopic (exact) mass is 184 g/mol. The molecule has 0 unspecified atom stereocenters. The topological polar surface area (TPSA) is 26.3 Å². The van der Waals surface area contributed by atoms with Crippen molar-refractivity contribution in [3.8, 4) is 0 Å². The molecule has 0 aromatic heterocycles. The summed E-state index contributed by atoms with van der Waals surface area (Å²) < 4.78 is 5.03. The molecule has 0 aliphatic carbocycles. The lowest BCUT2D eigenvalue weighted by molar-refractivity contribution is -0.158. The number of rotatable bonds is 3. The van der Waals surface area contributed by atoms with Crippen molar-refractivity contribution < 1.29 is 9.53 Å². The lowest BCUT2D eigenvalue weighted by Crippen LogP contribution is -2.38. The van der Waals surface area contributed by atoms with Gasteiger partial charge < -0.3 is 4.74 Å². The van der Waals surface area contributed by atoms with Crippen LogP contribution in [0, 0.1) is 10.8 Å². The van der Waals surface area contributed by atoms with Crippen LogP contribution in [-0.4, -0.2) is 12.6 Å². The van der Waals surface area contributed by atoms with Crippen molar-refractivity contribution in [2.75, 3.05) is 6.61 Å². The second-order valence-electron chi connectivity index (χ2n) is 4.76. The lowest BCUT2D eigenvalue weighted by atomic mass is 9.69. The Bertz CT molecular complexity index is 197. The van der Waals surface area contributed by atoms with Crippen molar-refractivity contribution in [2.45, 2.75) is 34.6 Å². The summed E-state index contributed by atoms with van der Waals surface area (Å²) in [6.45, 7) is 13.7. The van der Waals surface area contributed by atoms with Crippen molar-refractivity contribution in [3.05, 3.63) is 12.7 Å². The fraction of sp³-hybridized carbons (Fsp3) is 0.727. The third kappa shape index (κ3) is 2.87. The summed E-state index contributed by atoms with van der Waals surface area (Å²) in [6.07, 6.45) is 1.58. The van der Waals surface area contributed by atoms with E-state index in [1.165, 1.54) is 0 Å². The predicted molar refractivity (Wildman–Crippen MR) is 54.4 cm³/mol. The lowest BCUT2D eigenvalue weighted by Gasteiger charge is -2.35. The zero-order valence-electron chi connectivity index (χ0n) is 9.31. The third-order valence-electron chi connectivity index (χ3n) is 2.72. The standard InChI is InChI=1S/C11H20O2/c1-7-8-13-9(12)11(5,6)10(2,3)4/h7H,1,8H2,2-6H3. The Kier molecular flexibility index (Phi) is 3.71. The third-order valence-corrected chi connectivity index (χ3v) is 2.72. The van der Waals surface area contributed by atoms with E-state index in [1.807, 2.05) is 34.6 Å². The highest BCUT2D eigenvalue weighted by Gasteiger charge is 2.40. The first-order chi connectivity index (χ1) is 5.73. The first kappa shape index (κ1) is 12.2. The molecule has 0 atom stereocenters. The SMILES string of the molecule is C=CCOC(=O)C(C)(C)C(C)(C)C. The van der Waals surface area contributed by atoms with Gasteiger partial charge in [-0.3, -0.25) is 4.79 Å².